The third-order valence-corrected chi connectivity index (χ3v) is 7.86. The Morgan fingerprint density at radius 2 is 1.70 bits per heavy atom. The van der Waals surface area contributed by atoms with Gasteiger partial charge in [-0.25, -0.2) is 9.67 Å². The first kappa shape index (κ1) is 27.2. The van der Waals surface area contributed by atoms with E-state index >= 15 is 0 Å². The van der Waals surface area contributed by atoms with Crippen LogP contribution in [0.25, 0.3) is 16.9 Å². The first-order chi connectivity index (χ1) is 19.3. The second kappa shape index (κ2) is 11.4. The monoisotopic (exact) mass is 569 g/mol. The molecule has 0 aliphatic rings. The molecule has 0 aliphatic carbocycles. The van der Waals surface area contributed by atoms with E-state index in [0.29, 0.717) is 32.6 Å². The molecule has 0 fully saturated rings. The number of rotatable bonds is 7. The highest BCUT2D eigenvalue weighted by Gasteiger charge is 2.21. The zero-order chi connectivity index (χ0) is 28.4. The number of thiazole rings is 1. The summed E-state index contributed by atoms with van der Waals surface area (Å²) < 4.78 is 5.37. The van der Waals surface area contributed by atoms with E-state index in [0.717, 1.165) is 28.2 Å². The molecule has 0 bridgehead atoms. The van der Waals surface area contributed by atoms with Gasteiger partial charge in [-0.05, 0) is 50.2 Å². The standard InChI is InChI=1S/C31H28ClN5O2S/c1-5-19-36-27(22-13-11-20(2)12-14-22)29(34-28(38)23-15-17-24(32)18-16-23)40-31(36)33-26-21(3)35(4)37(30(26)39)25-9-7-6-8-10-25/h5-18H,1,19H2,2-4H3,(H,34,38). The van der Waals surface area contributed by atoms with E-state index in [4.69, 9.17) is 16.6 Å². The highest BCUT2D eigenvalue weighted by atomic mass is 35.5. The SMILES string of the molecule is C=CCn1c(-c2ccc(C)cc2)c(NC(=O)c2ccc(Cl)cc2)sc1=Nc1c(C)n(C)n(-c2ccccc2)c1=O. The molecule has 5 aromatic rings. The summed E-state index contributed by atoms with van der Waals surface area (Å²) >= 11 is 7.33. The van der Waals surface area contributed by atoms with Crippen molar-refractivity contribution in [3.8, 4) is 16.9 Å². The molecule has 1 amide bonds. The van der Waals surface area contributed by atoms with Gasteiger partial charge in [0.1, 0.15) is 5.00 Å². The van der Waals surface area contributed by atoms with Crippen LogP contribution in [0.15, 0.2) is 101 Å². The summed E-state index contributed by atoms with van der Waals surface area (Å²) in [5.74, 6) is -0.272. The number of hydrogen-bond donors (Lipinski definition) is 1. The lowest BCUT2D eigenvalue weighted by Crippen LogP contribution is -2.20. The number of nitrogens with zero attached hydrogens (tertiary/aromatic N) is 4. The lowest BCUT2D eigenvalue weighted by molar-refractivity contribution is 0.102. The Bertz CT molecular complexity index is 1830. The highest BCUT2D eigenvalue weighted by molar-refractivity contribution is 7.14. The van der Waals surface area contributed by atoms with Crippen LogP contribution in [0.2, 0.25) is 5.02 Å². The quantitative estimate of drug-likeness (QED) is 0.223. The van der Waals surface area contributed by atoms with Gasteiger partial charge in [-0.2, -0.15) is 0 Å². The van der Waals surface area contributed by atoms with E-state index in [1.807, 2.05) is 80.1 Å². The molecule has 9 heteroatoms. The molecule has 0 unspecified atom stereocenters. The van der Waals surface area contributed by atoms with Gasteiger partial charge in [0.2, 0.25) is 0 Å². The van der Waals surface area contributed by atoms with Gasteiger partial charge in [-0.15, -0.1) is 6.58 Å². The van der Waals surface area contributed by atoms with Crippen molar-refractivity contribution in [3.05, 3.63) is 129 Å². The van der Waals surface area contributed by atoms with E-state index < -0.39 is 0 Å². The maximum absolute atomic E-state index is 13.6. The number of carbonyl (C=O) groups excluding carboxylic acids is 1. The predicted molar refractivity (Wildman–Crippen MR) is 163 cm³/mol. The number of carbonyl (C=O) groups is 1. The molecule has 5 rings (SSSR count). The number of halogens is 1. The molecular formula is C31H28ClN5O2S. The molecule has 3 aromatic carbocycles. The Labute approximate surface area is 240 Å². The lowest BCUT2D eigenvalue weighted by atomic mass is 10.1. The number of nitrogens with one attached hydrogen (secondary N) is 1. The molecule has 0 radical (unpaired) electrons. The largest absolute Gasteiger partial charge is 0.312 e. The molecule has 202 valence electrons. The summed E-state index contributed by atoms with van der Waals surface area (Å²) in [6, 6.07) is 24.2. The Kier molecular flexibility index (Phi) is 7.73. The van der Waals surface area contributed by atoms with Crippen molar-refractivity contribution >= 4 is 39.5 Å². The van der Waals surface area contributed by atoms with Crippen molar-refractivity contribution in [2.75, 3.05) is 5.32 Å². The minimum Gasteiger partial charge on any atom is -0.312 e. The molecule has 2 heterocycles. The Hall–Kier alpha value is -4.40. The highest BCUT2D eigenvalue weighted by Crippen LogP contribution is 2.32. The minimum atomic E-state index is -0.272. The Morgan fingerprint density at radius 3 is 2.35 bits per heavy atom. The van der Waals surface area contributed by atoms with Gasteiger partial charge in [0.25, 0.3) is 11.5 Å². The topological polar surface area (TPSA) is 73.3 Å². The number of allylic oxidation sites excluding steroid dienone is 1. The average molecular weight is 570 g/mol. The van der Waals surface area contributed by atoms with Gasteiger partial charge in [0.15, 0.2) is 10.5 Å². The van der Waals surface area contributed by atoms with Crippen molar-refractivity contribution < 1.29 is 4.79 Å². The van der Waals surface area contributed by atoms with Crippen LogP contribution >= 0.6 is 22.9 Å². The summed E-state index contributed by atoms with van der Waals surface area (Å²) in [7, 11) is 1.84. The smallest absolute Gasteiger partial charge is 0.297 e. The van der Waals surface area contributed by atoms with Crippen molar-refractivity contribution in [2.24, 2.45) is 12.0 Å². The van der Waals surface area contributed by atoms with Crippen molar-refractivity contribution in [1.82, 2.24) is 13.9 Å². The summed E-state index contributed by atoms with van der Waals surface area (Å²) in [6.45, 7) is 8.26. The molecule has 0 spiro atoms. The van der Waals surface area contributed by atoms with Gasteiger partial charge < -0.3 is 9.88 Å². The third kappa shape index (κ3) is 5.23. The summed E-state index contributed by atoms with van der Waals surface area (Å²) in [6.07, 6.45) is 1.77. The summed E-state index contributed by atoms with van der Waals surface area (Å²) in [4.78, 5) is 32.3. The van der Waals surface area contributed by atoms with Gasteiger partial charge in [-0.3, -0.25) is 14.3 Å². The maximum atomic E-state index is 13.6. The third-order valence-electron chi connectivity index (χ3n) is 6.61. The predicted octanol–water partition coefficient (Wildman–Crippen LogP) is 6.65. The van der Waals surface area contributed by atoms with Crippen LogP contribution < -0.4 is 15.7 Å². The molecule has 1 N–H and O–H groups in total. The number of anilines is 1. The zero-order valence-corrected chi connectivity index (χ0v) is 24.0. The maximum Gasteiger partial charge on any atom is 0.297 e. The molecule has 7 nitrogen and oxygen atoms in total. The van der Waals surface area contributed by atoms with Crippen LogP contribution in [-0.4, -0.2) is 19.8 Å². The van der Waals surface area contributed by atoms with Crippen LogP contribution in [0.3, 0.4) is 0 Å². The second-order valence-electron chi connectivity index (χ2n) is 9.31. The molecule has 0 saturated carbocycles. The first-order valence-electron chi connectivity index (χ1n) is 12.7. The fourth-order valence-electron chi connectivity index (χ4n) is 4.43. The van der Waals surface area contributed by atoms with E-state index in [1.54, 1.807) is 39.7 Å². The van der Waals surface area contributed by atoms with Crippen LogP contribution in [0.5, 0.6) is 0 Å². The summed E-state index contributed by atoms with van der Waals surface area (Å²) in [5.41, 5.74) is 4.85. The van der Waals surface area contributed by atoms with Crippen LogP contribution in [0.4, 0.5) is 10.7 Å². The van der Waals surface area contributed by atoms with Gasteiger partial charge >= 0.3 is 0 Å². The molecule has 0 atom stereocenters. The zero-order valence-electron chi connectivity index (χ0n) is 22.4. The lowest BCUT2D eigenvalue weighted by Gasteiger charge is -2.11. The van der Waals surface area contributed by atoms with E-state index in [-0.39, 0.29) is 11.5 Å². The van der Waals surface area contributed by atoms with E-state index in [1.165, 1.54) is 11.3 Å². The van der Waals surface area contributed by atoms with Crippen molar-refractivity contribution in [3.63, 3.8) is 0 Å². The van der Waals surface area contributed by atoms with E-state index in [2.05, 4.69) is 11.9 Å². The number of amides is 1. The molecule has 0 aliphatic heterocycles. The average Bonchev–Trinajstić information content (AvgIpc) is 3.38. The van der Waals surface area contributed by atoms with Crippen molar-refractivity contribution in [1.29, 1.82) is 0 Å². The van der Waals surface area contributed by atoms with E-state index in [9.17, 15) is 9.59 Å². The second-order valence-corrected chi connectivity index (χ2v) is 10.7. The number of aromatic nitrogens is 3. The van der Waals surface area contributed by atoms with Crippen LogP contribution in [0.1, 0.15) is 21.6 Å². The molecule has 40 heavy (non-hydrogen) atoms. The molecule has 2 aromatic heterocycles. The number of hydrogen-bond acceptors (Lipinski definition) is 4. The fourth-order valence-corrected chi connectivity index (χ4v) is 5.62. The first-order valence-corrected chi connectivity index (χ1v) is 13.8. The molecule has 0 saturated heterocycles. The van der Waals surface area contributed by atoms with Gasteiger partial charge in [-0.1, -0.05) is 77.0 Å². The number of para-hydroxylation sites is 1. The minimum absolute atomic E-state index is 0.228. The van der Waals surface area contributed by atoms with Crippen LogP contribution in [0, 0.1) is 13.8 Å². The fraction of sp³-hybridized carbons (Fsp3) is 0.129. The Balaban J connectivity index is 1.72. The number of aryl methyl sites for hydroxylation is 1. The van der Waals surface area contributed by atoms with Gasteiger partial charge in [0.05, 0.1) is 17.1 Å². The normalized spacial score (nSPS) is 11.6. The van der Waals surface area contributed by atoms with Gasteiger partial charge in [0, 0.05) is 29.7 Å². The molecular weight excluding hydrogens is 542 g/mol. The van der Waals surface area contributed by atoms with Crippen molar-refractivity contribution in [2.45, 2.75) is 20.4 Å². The summed E-state index contributed by atoms with van der Waals surface area (Å²) in [5, 5.41) is 4.23. The number of benzene rings is 3. The Morgan fingerprint density at radius 1 is 1.02 bits per heavy atom. The van der Waals surface area contributed by atoms with Crippen LogP contribution in [-0.2, 0) is 13.6 Å².